The number of hydrogen-bond donors (Lipinski definition) is 1. The highest BCUT2D eigenvalue weighted by atomic mass is 16.5. The van der Waals surface area contributed by atoms with E-state index in [4.69, 9.17) is 4.52 Å². The SMILES string of the molecule is CNC(=O)C1CCCCN1C(=O)c1cc(C)no1. The fourth-order valence-electron chi connectivity index (χ4n) is 2.22. The van der Waals surface area contributed by atoms with Crippen molar-refractivity contribution in [3.63, 3.8) is 0 Å². The topological polar surface area (TPSA) is 75.4 Å². The number of carbonyl (C=O) groups is 2. The van der Waals surface area contributed by atoms with E-state index in [2.05, 4.69) is 10.5 Å². The standard InChI is InChI=1S/C12H17N3O3/c1-8-7-10(18-14-8)12(17)15-6-4-3-5-9(15)11(16)13-2/h7,9H,3-6H2,1-2H3,(H,13,16). The van der Waals surface area contributed by atoms with Crippen LogP contribution in [-0.4, -0.2) is 41.5 Å². The molecule has 18 heavy (non-hydrogen) atoms. The van der Waals surface area contributed by atoms with Gasteiger partial charge in [-0.3, -0.25) is 9.59 Å². The summed E-state index contributed by atoms with van der Waals surface area (Å²) in [5, 5.41) is 6.30. The van der Waals surface area contributed by atoms with Crippen molar-refractivity contribution >= 4 is 11.8 Å². The zero-order valence-electron chi connectivity index (χ0n) is 10.6. The number of likely N-dealkylation sites (tertiary alicyclic amines) is 1. The van der Waals surface area contributed by atoms with Gasteiger partial charge in [0.05, 0.1) is 5.69 Å². The number of aromatic nitrogens is 1. The third-order valence-corrected chi connectivity index (χ3v) is 3.15. The van der Waals surface area contributed by atoms with Crippen LogP contribution < -0.4 is 5.32 Å². The van der Waals surface area contributed by atoms with Gasteiger partial charge in [0.1, 0.15) is 6.04 Å². The van der Waals surface area contributed by atoms with E-state index >= 15 is 0 Å². The first-order chi connectivity index (χ1) is 8.63. The lowest BCUT2D eigenvalue weighted by Crippen LogP contribution is -2.51. The normalized spacial score (nSPS) is 19.7. The molecule has 0 aliphatic carbocycles. The van der Waals surface area contributed by atoms with Crippen molar-refractivity contribution in [1.82, 2.24) is 15.4 Å². The maximum absolute atomic E-state index is 12.3. The molecule has 0 aromatic carbocycles. The van der Waals surface area contributed by atoms with Gasteiger partial charge in [0, 0.05) is 19.7 Å². The maximum atomic E-state index is 12.3. The zero-order valence-corrected chi connectivity index (χ0v) is 10.6. The van der Waals surface area contributed by atoms with E-state index in [1.807, 2.05) is 0 Å². The number of aryl methyl sites for hydroxylation is 1. The van der Waals surface area contributed by atoms with Crippen LogP contribution in [0.3, 0.4) is 0 Å². The molecule has 2 rings (SSSR count). The molecule has 98 valence electrons. The number of amides is 2. The molecule has 1 atom stereocenters. The molecule has 6 heteroatoms. The number of likely N-dealkylation sites (N-methyl/N-ethyl adjacent to an activating group) is 1. The number of nitrogens with zero attached hydrogens (tertiary/aromatic N) is 2. The fraction of sp³-hybridized carbons (Fsp3) is 0.583. The fourth-order valence-corrected chi connectivity index (χ4v) is 2.22. The van der Waals surface area contributed by atoms with Crippen molar-refractivity contribution in [1.29, 1.82) is 0 Å². The van der Waals surface area contributed by atoms with Crippen molar-refractivity contribution < 1.29 is 14.1 Å². The number of carbonyl (C=O) groups excluding carboxylic acids is 2. The molecule has 1 fully saturated rings. The van der Waals surface area contributed by atoms with Crippen LogP contribution in [0.25, 0.3) is 0 Å². The van der Waals surface area contributed by atoms with E-state index in [1.54, 1.807) is 24.9 Å². The Morgan fingerprint density at radius 1 is 1.50 bits per heavy atom. The molecule has 1 unspecified atom stereocenters. The number of hydrogen-bond acceptors (Lipinski definition) is 4. The molecule has 1 aromatic rings. The maximum Gasteiger partial charge on any atom is 0.293 e. The lowest BCUT2D eigenvalue weighted by Gasteiger charge is -2.33. The Balaban J connectivity index is 2.18. The summed E-state index contributed by atoms with van der Waals surface area (Å²) in [6.07, 6.45) is 2.56. The van der Waals surface area contributed by atoms with Crippen LogP contribution >= 0.6 is 0 Å². The lowest BCUT2D eigenvalue weighted by atomic mass is 10.0. The lowest BCUT2D eigenvalue weighted by molar-refractivity contribution is -0.126. The molecular weight excluding hydrogens is 234 g/mol. The molecule has 0 saturated carbocycles. The highest BCUT2D eigenvalue weighted by molar-refractivity contribution is 5.95. The third-order valence-electron chi connectivity index (χ3n) is 3.15. The monoisotopic (exact) mass is 251 g/mol. The van der Waals surface area contributed by atoms with Crippen molar-refractivity contribution in [2.75, 3.05) is 13.6 Å². The third kappa shape index (κ3) is 2.37. The van der Waals surface area contributed by atoms with Crippen molar-refractivity contribution in [3.8, 4) is 0 Å². The van der Waals surface area contributed by atoms with Gasteiger partial charge >= 0.3 is 0 Å². The van der Waals surface area contributed by atoms with Crippen LogP contribution in [-0.2, 0) is 4.79 Å². The largest absolute Gasteiger partial charge is 0.357 e. The van der Waals surface area contributed by atoms with Crippen molar-refractivity contribution in [2.45, 2.75) is 32.2 Å². The molecule has 1 saturated heterocycles. The number of piperidine rings is 1. The second-order valence-electron chi connectivity index (χ2n) is 4.46. The van der Waals surface area contributed by atoms with E-state index in [0.717, 1.165) is 12.8 Å². The average molecular weight is 251 g/mol. The predicted molar refractivity (Wildman–Crippen MR) is 64.0 cm³/mol. The van der Waals surface area contributed by atoms with Gasteiger partial charge in [-0.2, -0.15) is 0 Å². The Kier molecular flexibility index (Phi) is 3.64. The van der Waals surface area contributed by atoms with Gasteiger partial charge in [-0.1, -0.05) is 5.16 Å². The molecule has 1 aliphatic rings. The first kappa shape index (κ1) is 12.6. The summed E-state index contributed by atoms with van der Waals surface area (Å²) in [6.45, 7) is 2.34. The molecule has 1 aliphatic heterocycles. The summed E-state index contributed by atoms with van der Waals surface area (Å²) < 4.78 is 4.97. The van der Waals surface area contributed by atoms with Gasteiger partial charge < -0.3 is 14.7 Å². The minimum absolute atomic E-state index is 0.126. The van der Waals surface area contributed by atoms with Crippen LogP contribution in [0.15, 0.2) is 10.6 Å². The van der Waals surface area contributed by atoms with Crippen LogP contribution in [0.5, 0.6) is 0 Å². The van der Waals surface area contributed by atoms with E-state index in [-0.39, 0.29) is 17.6 Å². The Morgan fingerprint density at radius 3 is 2.89 bits per heavy atom. The van der Waals surface area contributed by atoms with Crippen LogP contribution in [0.2, 0.25) is 0 Å². The van der Waals surface area contributed by atoms with Gasteiger partial charge in [-0.05, 0) is 26.2 Å². The van der Waals surface area contributed by atoms with E-state index < -0.39 is 6.04 Å². The molecule has 2 amide bonds. The van der Waals surface area contributed by atoms with E-state index in [0.29, 0.717) is 18.7 Å². The Labute approximate surface area is 105 Å². The summed E-state index contributed by atoms with van der Waals surface area (Å²) >= 11 is 0. The summed E-state index contributed by atoms with van der Waals surface area (Å²) in [5.74, 6) is -0.188. The average Bonchev–Trinajstić information content (AvgIpc) is 2.83. The van der Waals surface area contributed by atoms with E-state index in [1.165, 1.54) is 0 Å². The van der Waals surface area contributed by atoms with Crippen molar-refractivity contribution in [2.24, 2.45) is 0 Å². The van der Waals surface area contributed by atoms with Gasteiger partial charge in [0.25, 0.3) is 5.91 Å². The van der Waals surface area contributed by atoms with Gasteiger partial charge in [0.15, 0.2) is 0 Å². The Bertz CT molecular complexity index is 455. The first-order valence-electron chi connectivity index (χ1n) is 6.09. The summed E-state index contributed by atoms with van der Waals surface area (Å²) in [5.41, 5.74) is 0.659. The Hall–Kier alpha value is -1.85. The van der Waals surface area contributed by atoms with Gasteiger partial charge in [0.2, 0.25) is 11.7 Å². The van der Waals surface area contributed by atoms with Gasteiger partial charge in [-0.25, -0.2) is 0 Å². The summed E-state index contributed by atoms with van der Waals surface area (Å²) in [4.78, 5) is 25.6. The van der Waals surface area contributed by atoms with Crippen LogP contribution in [0.4, 0.5) is 0 Å². The second-order valence-corrected chi connectivity index (χ2v) is 4.46. The first-order valence-corrected chi connectivity index (χ1v) is 6.09. The molecular formula is C12H17N3O3. The minimum atomic E-state index is -0.401. The van der Waals surface area contributed by atoms with Gasteiger partial charge in [-0.15, -0.1) is 0 Å². The molecule has 0 spiro atoms. The molecule has 1 aromatic heterocycles. The predicted octanol–water partition coefficient (Wildman–Crippen LogP) is 0.724. The molecule has 6 nitrogen and oxygen atoms in total. The highest BCUT2D eigenvalue weighted by Gasteiger charge is 2.33. The molecule has 0 radical (unpaired) electrons. The minimum Gasteiger partial charge on any atom is -0.357 e. The summed E-state index contributed by atoms with van der Waals surface area (Å²) in [6, 6.07) is 1.19. The molecule has 2 heterocycles. The number of nitrogens with one attached hydrogen (secondary N) is 1. The smallest absolute Gasteiger partial charge is 0.293 e. The summed E-state index contributed by atoms with van der Waals surface area (Å²) in [7, 11) is 1.58. The Morgan fingerprint density at radius 2 is 2.28 bits per heavy atom. The van der Waals surface area contributed by atoms with Crippen molar-refractivity contribution in [3.05, 3.63) is 17.5 Å². The second kappa shape index (κ2) is 5.20. The quantitative estimate of drug-likeness (QED) is 0.840. The van der Waals surface area contributed by atoms with Crippen LogP contribution in [0.1, 0.15) is 35.5 Å². The molecule has 1 N–H and O–H groups in total. The zero-order chi connectivity index (χ0) is 13.1. The van der Waals surface area contributed by atoms with Crippen LogP contribution in [0, 0.1) is 6.92 Å². The highest BCUT2D eigenvalue weighted by Crippen LogP contribution is 2.20. The van der Waals surface area contributed by atoms with E-state index in [9.17, 15) is 9.59 Å². The molecule has 0 bridgehead atoms. The number of rotatable bonds is 2.